The van der Waals surface area contributed by atoms with Gasteiger partial charge in [-0.1, -0.05) is 37.2 Å². The summed E-state index contributed by atoms with van der Waals surface area (Å²) in [6, 6.07) is 5.93. The summed E-state index contributed by atoms with van der Waals surface area (Å²) in [5, 5.41) is 5.18. The molecule has 2 rings (SSSR count). The number of aliphatic imine (C=N–C) groups is 1. The van der Waals surface area contributed by atoms with Crippen LogP contribution in [0.15, 0.2) is 29.3 Å². The van der Waals surface area contributed by atoms with Crippen LogP contribution in [0.4, 0.5) is 10.1 Å². The molecule has 0 aromatic heterocycles. The first-order valence-corrected chi connectivity index (χ1v) is 8.04. The Kier molecular flexibility index (Phi) is 5.94. The van der Waals surface area contributed by atoms with E-state index in [0.29, 0.717) is 11.7 Å². The molecule has 118 valence electrons. The lowest BCUT2D eigenvalue weighted by molar-refractivity contribution is -0.122. The Labute approximate surface area is 132 Å². The highest BCUT2D eigenvalue weighted by molar-refractivity contribution is 8.15. The van der Waals surface area contributed by atoms with Gasteiger partial charge in [0.05, 0.1) is 5.69 Å². The summed E-state index contributed by atoms with van der Waals surface area (Å²) in [4.78, 5) is 28.0. The average molecular weight is 323 g/mol. The third-order valence-corrected chi connectivity index (χ3v) is 4.18. The molecule has 1 aliphatic rings. The number of amidine groups is 1. The quantitative estimate of drug-likeness (QED) is 0.790. The number of thioether (sulfide) groups is 1. The number of rotatable bonds is 6. The summed E-state index contributed by atoms with van der Waals surface area (Å²) in [6.07, 6.45) is 1.97. The van der Waals surface area contributed by atoms with Crippen molar-refractivity contribution in [2.24, 2.45) is 4.99 Å². The normalized spacial score (nSPS) is 19.3. The monoisotopic (exact) mass is 323 g/mol. The number of carbonyl (C=O) groups is 2. The van der Waals surface area contributed by atoms with Gasteiger partial charge in [0.25, 0.3) is 0 Å². The molecule has 1 aliphatic heterocycles. The molecule has 1 unspecified atom stereocenters. The summed E-state index contributed by atoms with van der Waals surface area (Å²) in [5.74, 6) is -1.13. The second-order valence-electron chi connectivity index (χ2n) is 4.87. The van der Waals surface area contributed by atoms with E-state index in [4.69, 9.17) is 0 Å². The number of benzene rings is 1. The van der Waals surface area contributed by atoms with Gasteiger partial charge in [-0.2, -0.15) is 0 Å². The molecule has 1 atom stereocenters. The molecular formula is C15H18FN3O2S. The predicted octanol–water partition coefficient (Wildman–Crippen LogP) is 2.54. The molecule has 0 aliphatic carbocycles. The van der Waals surface area contributed by atoms with E-state index in [1.807, 2.05) is 0 Å². The van der Waals surface area contributed by atoms with E-state index >= 15 is 0 Å². The van der Waals surface area contributed by atoms with E-state index in [2.05, 4.69) is 22.5 Å². The molecule has 0 bridgehead atoms. The second-order valence-corrected chi connectivity index (χ2v) is 6.06. The number of anilines is 1. The Morgan fingerprint density at radius 1 is 1.45 bits per heavy atom. The molecule has 22 heavy (non-hydrogen) atoms. The van der Waals surface area contributed by atoms with E-state index < -0.39 is 17.0 Å². The summed E-state index contributed by atoms with van der Waals surface area (Å²) in [7, 11) is 0. The van der Waals surface area contributed by atoms with Crippen molar-refractivity contribution in [1.29, 1.82) is 0 Å². The van der Waals surface area contributed by atoms with Crippen LogP contribution in [0.1, 0.15) is 26.2 Å². The van der Waals surface area contributed by atoms with Crippen LogP contribution in [0.3, 0.4) is 0 Å². The largest absolute Gasteiger partial charge is 0.324 e. The van der Waals surface area contributed by atoms with Crippen molar-refractivity contribution < 1.29 is 14.0 Å². The van der Waals surface area contributed by atoms with Crippen molar-refractivity contribution in [3.05, 3.63) is 30.1 Å². The Hall–Kier alpha value is -1.89. The molecule has 1 aromatic carbocycles. The molecular weight excluding hydrogens is 305 g/mol. The predicted molar refractivity (Wildman–Crippen MR) is 86.4 cm³/mol. The summed E-state index contributed by atoms with van der Waals surface area (Å²) < 4.78 is 13.5. The number of para-hydroxylation sites is 1. The molecule has 1 heterocycles. The van der Waals surface area contributed by atoms with Gasteiger partial charge in [0.1, 0.15) is 11.1 Å². The van der Waals surface area contributed by atoms with Crippen LogP contribution in [-0.2, 0) is 9.59 Å². The minimum atomic E-state index is -0.521. The lowest BCUT2D eigenvalue weighted by Crippen LogP contribution is -2.28. The van der Waals surface area contributed by atoms with Crippen LogP contribution in [0.25, 0.3) is 0 Å². The summed E-state index contributed by atoms with van der Waals surface area (Å²) in [6.45, 7) is 2.73. The van der Waals surface area contributed by atoms with Crippen molar-refractivity contribution in [3.8, 4) is 0 Å². The number of hydrogen-bond donors (Lipinski definition) is 2. The maximum Gasteiger partial charge on any atom is 0.240 e. The number of hydrogen-bond acceptors (Lipinski definition) is 4. The third-order valence-electron chi connectivity index (χ3n) is 3.06. The molecule has 2 N–H and O–H groups in total. The molecule has 1 fully saturated rings. The number of unbranched alkanes of at least 4 members (excludes halogenated alkanes) is 1. The average Bonchev–Trinajstić information content (AvgIpc) is 2.82. The van der Waals surface area contributed by atoms with Crippen LogP contribution in [0, 0.1) is 5.82 Å². The highest BCUT2D eigenvalue weighted by atomic mass is 32.2. The second kappa shape index (κ2) is 7.93. The van der Waals surface area contributed by atoms with Crippen LogP contribution < -0.4 is 10.6 Å². The molecule has 0 radical (unpaired) electrons. The van der Waals surface area contributed by atoms with Gasteiger partial charge in [0.15, 0.2) is 5.17 Å². The lowest BCUT2D eigenvalue weighted by atomic mass is 10.2. The zero-order chi connectivity index (χ0) is 15.9. The SMILES string of the molecule is CCCCN=C1NC(=O)C(CC(=O)Nc2ccccc2F)S1. The Bertz CT molecular complexity index is 592. The lowest BCUT2D eigenvalue weighted by Gasteiger charge is -2.08. The van der Waals surface area contributed by atoms with E-state index in [0.717, 1.165) is 12.8 Å². The summed E-state index contributed by atoms with van der Waals surface area (Å²) >= 11 is 1.25. The van der Waals surface area contributed by atoms with Gasteiger partial charge in [-0.25, -0.2) is 4.39 Å². The number of amides is 2. The van der Waals surface area contributed by atoms with Crippen LogP contribution in [-0.4, -0.2) is 28.8 Å². The van der Waals surface area contributed by atoms with Crippen LogP contribution in [0.5, 0.6) is 0 Å². The number of carbonyl (C=O) groups excluding carboxylic acids is 2. The minimum absolute atomic E-state index is 0.0162. The van der Waals surface area contributed by atoms with E-state index in [-0.39, 0.29) is 18.0 Å². The zero-order valence-electron chi connectivity index (χ0n) is 12.3. The first-order valence-electron chi connectivity index (χ1n) is 7.16. The van der Waals surface area contributed by atoms with Crippen molar-refractivity contribution in [2.45, 2.75) is 31.4 Å². The van der Waals surface area contributed by atoms with Crippen molar-refractivity contribution in [3.63, 3.8) is 0 Å². The van der Waals surface area contributed by atoms with Gasteiger partial charge in [-0.15, -0.1) is 0 Å². The van der Waals surface area contributed by atoms with Gasteiger partial charge >= 0.3 is 0 Å². The van der Waals surface area contributed by atoms with Crippen molar-refractivity contribution in [2.75, 3.05) is 11.9 Å². The smallest absolute Gasteiger partial charge is 0.240 e. The van der Waals surface area contributed by atoms with Gasteiger partial charge in [-0.05, 0) is 18.6 Å². The van der Waals surface area contributed by atoms with E-state index in [9.17, 15) is 14.0 Å². The maximum absolute atomic E-state index is 13.5. The molecule has 1 saturated heterocycles. The number of nitrogens with zero attached hydrogens (tertiary/aromatic N) is 1. The minimum Gasteiger partial charge on any atom is -0.324 e. The Morgan fingerprint density at radius 3 is 2.95 bits per heavy atom. The van der Waals surface area contributed by atoms with E-state index in [1.165, 1.54) is 23.9 Å². The first kappa shape index (κ1) is 16.5. The van der Waals surface area contributed by atoms with Crippen molar-refractivity contribution >= 4 is 34.4 Å². The molecule has 5 nitrogen and oxygen atoms in total. The van der Waals surface area contributed by atoms with Crippen LogP contribution in [0.2, 0.25) is 0 Å². The fourth-order valence-electron chi connectivity index (χ4n) is 1.89. The molecule has 1 aromatic rings. The highest BCUT2D eigenvalue weighted by Crippen LogP contribution is 2.23. The molecule has 2 amide bonds. The molecule has 0 spiro atoms. The van der Waals surface area contributed by atoms with Gasteiger partial charge in [0, 0.05) is 13.0 Å². The van der Waals surface area contributed by atoms with Crippen LogP contribution >= 0.6 is 11.8 Å². The van der Waals surface area contributed by atoms with Gasteiger partial charge in [-0.3, -0.25) is 14.6 Å². The number of nitrogens with one attached hydrogen (secondary N) is 2. The van der Waals surface area contributed by atoms with E-state index in [1.54, 1.807) is 12.1 Å². The Balaban J connectivity index is 1.88. The Morgan fingerprint density at radius 2 is 2.23 bits per heavy atom. The fraction of sp³-hybridized carbons (Fsp3) is 0.400. The first-order chi connectivity index (χ1) is 10.6. The standard InChI is InChI=1S/C15H18FN3O2S/c1-2-3-8-17-15-19-14(21)12(22-15)9-13(20)18-11-7-5-4-6-10(11)16/h4-7,12H,2-3,8-9H2,1H3,(H,18,20)(H,17,19,21). The van der Waals surface area contributed by atoms with Gasteiger partial charge in [0.2, 0.25) is 11.8 Å². The van der Waals surface area contributed by atoms with Gasteiger partial charge < -0.3 is 10.6 Å². The summed E-state index contributed by atoms with van der Waals surface area (Å²) in [5.41, 5.74) is 0.118. The molecule has 0 saturated carbocycles. The molecule has 7 heteroatoms. The topological polar surface area (TPSA) is 70.6 Å². The zero-order valence-corrected chi connectivity index (χ0v) is 13.1. The highest BCUT2D eigenvalue weighted by Gasteiger charge is 2.32. The fourth-order valence-corrected chi connectivity index (χ4v) is 2.88. The third kappa shape index (κ3) is 4.56. The maximum atomic E-state index is 13.5. The number of halogens is 1. The van der Waals surface area contributed by atoms with Crippen molar-refractivity contribution in [1.82, 2.24) is 5.32 Å².